The van der Waals surface area contributed by atoms with Crippen LogP contribution in [0.5, 0.6) is 11.5 Å². The van der Waals surface area contributed by atoms with Gasteiger partial charge in [0.05, 0.1) is 24.4 Å². The van der Waals surface area contributed by atoms with Gasteiger partial charge < -0.3 is 19.7 Å². The van der Waals surface area contributed by atoms with E-state index in [4.69, 9.17) is 9.47 Å². The van der Waals surface area contributed by atoms with Crippen molar-refractivity contribution in [3.05, 3.63) is 54.1 Å². The van der Waals surface area contributed by atoms with Gasteiger partial charge in [-0.15, -0.1) is 0 Å². The first-order valence-corrected chi connectivity index (χ1v) is 9.84. The fraction of sp³-hybridized carbons (Fsp3) is 0.364. The molecule has 31 heavy (non-hydrogen) atoms. The summed E-state index contributed by atoms with van der Waals surface area (Å²) in [6, 6.07) is 11.6. The predicted octanol–water partition coefficient (Wildman–Crippen LogP) is 4.36. The van der Waals surface area contributed by atoms with Crippen molar-refractivity contribution in [2.45, 2.75) is 26.4 Å². The minimum atomic E-state index is -4.61. The zero-order chi connectivity index (χ0) is 22.9. The van der Waals surface area contributed by atoms with Crippen LogP contribution in [0, 0.1) is 0 Å². The van der Waals surface area contributed by atoms with Gasteiger partial charge >= 0.3 is 6.18 Å². The van der Waals surface area contributed by atoms with Crippen LogP contribution in [0.1, 0.15) is 25.8 Å². The molecule has 0 spiro atoms. The molecular formula is C22H25F3N2O4. The van der Waals surface area contributed by atoms with E-state index in [9.17, 15) is 22.8 Å². The molecule has 0 aromatic heterocycles. The first kappa shape index (κ1) is 24.0. The van der Waals surface area contributed by atoms with E-state index in [1.807, 2.05) is 6.92 Å². The van der Waals surface area contributed by atoms with Crippen LogP contribution in [-0.4, -0.2) is 43.0 Å². The number of nitrogens with zero attached hydrogens (tertiary/aromatic N) is 1. The molecular weight excluding hydrogens is 413 g/mol. The number of likely N-dealkylation sites (N-methyl/N-ethyl adjacent to an activating group) is 1. The largest absolute Gasteiger partial charge is 0.490 e. The second-order valence-electron chi connectivity index (χ2n) is 6.58. The SMILES string of the molecule is CCCOc1ccccc1OCC(=O)N(CC)CC(=O)Nc1ccccc1C(F)(F)F. The topological polar surface area (TPSA) is 67.9 Å². The normalized spacial score (nSPS) is 11.0. The summed E-state index contributed by atoms with van der Waals surface area (Å²) in [6.07, 6.45) is -3.80. The fourth-order valence-corrected chi connectivity index (χ4v) is 2.71. The monoisotopic (exact) mass is 438 g/mol. The highest BCUT2D eigenvalue weighted by atomic mass is 19.4. The molecule has 2 rings (SSSR count). The van der Waals surface area contributed by atoms with E-state index in [2.05, 4.69) is 5.32 Å². The van der Waals surface area contributed by atoms with Crippen molar-refractivity contribution in [1.82, 2.24) is 4.90 Å². The van der Waals surface area contributed by atoms with E-state index in [-0.39, 0.29) is 18.8 Å². The molecule has 0 atom stereocenters. The third-order valence-corrected chi connectivity index (χ3v) is 4.24. The third kappa shape index (κ3) is 7.20. The van der Waals surface area contributed by atoms with Crippen LogP contribution in [-0.2, 0) is 15.8 Å². The summed E-state index contributed by atoms with van der Waals surface area (Å²) in [4.78, 5) is 26.0. The molecule has 0 unspecified atom stereocenters. The summed E-state index contributed by atoms with van der Waals surface area (Å²) in [6.45, 7) is 3.56. The smallest absolute Gasteiger partial charge is 0.418 e. The maximum Gasteiger partial charge on any atom is 0.418 e. The number of rotatable bonds is 10. The maximum absolute atomic E-state index is 13.1. The van der Waals surface area contributed by atoms with Crippen LogP contribution in [0.15, 0.2) is 48.5 Å². The third-order valence-electron chi connectivity index (χ3n) is 4.24. The molecule has 0 radical (unpaired) electrons. The number of ether oxygens (including phenoxy) is 2. The molecule has 0 aliphatic heterocycles. The van der Waals surface area contributed by atoms with E-state index >= 15 is 0 Å². The quantitative estimate of drug-likeness (QED) is 0.599. The van der Waals surface area contributed by atoms with E-state index in [1.165, 1.54) is 17.0 Å². The first-order chi connectivity index (χ1) is 14.8. The highest BCUT2D eigenvalue weighted by Gasteiger charge is 2.33. The Morgan fingerprint density at radius 3 is 2.19 bits per heavy atom. The molecule has 0 saturated carbocycles. The number of alkyl halides is 3. The van der Waals surface area contributed by atoms with Crippen molar-refractivity contribution in [2.75, 3.05) is 31.6 Å². The Morgan fingerprint density at radius 2 is 1.58 bits per heavy atom. The van der Waals surface area contributed by atoms with Gasteiger partial charge in [-0.05, 0) is 37.6 Å². The highest BCUT2D eigenvalue weighted by molar-refractivity contribution is 5.95. The van der Waals surface area contributed by atoms with Crippen LogP contribution >= 0.6 is 0 Å². The lowest BCUT2D eigenvalue weighted by Crippen LogP contribution is -2.40. The maximum atomic E-state index is 13.1. The number of nitrogens with one attached hydrogen (secondary N) is 1. The number of carbonyl (C=O) groups excluding carboxylic acids is 2. The van der Waals surface area contributed by atoms with Gasteiger partial charge in [-0.1, -0.05) is 31.2 Å². The highest BCUT2D eigenvalue weighted by Crippen LogP contribution is 2.34. The summed E-state index contributed by atoms with van der Waals surface area (Å²) in [5.74, 6) is -0.323. The Balaban J connectivity index is 1.97. The number of amides is 2. The van der Waals surface area contributed by atoms with Crippen LogP contribution in [0.3, 0.4) is 0 Å². The molecule has 0 bridgehead atoms. The minimum Gasteiger partial charge on any atom is -0.490 e. The van der Waals surface area contributed by atoms with Gasteiger partial charge in [0.15, 0.2) is 18.1 Å². The lowest BCUT2D eigenvalue weighted by atomic mass is 10.1. The Bertz CT molecular complexity index is 887. The molecule has 0 aliphatic rings. The predicted molar refractivity (Wildman–Crippen MR) is 110 cm³/mol. The Labute approximate surface area is 178 Å². The lowest BCUT2D eigenvalue weighted by molar-refractivity contribution is -0.138. The molecule has 0 saturated heterocycles. The van der Waals surface area contributed by atoms with Crippen LogP contribution in [0.4, 0.5) is 18.9 Å². The zero-order valence-electron chi connectivity index (χ0n) is 17.4. The van der Waals surface area contributed by atoms with Crippen molar-refractivity contribution in [2.24, 2.45) is 0 Å². The molecule has 0 aliphatic carbocycles. The van der Waals surface area contributed by atoms with Gasteiger partial charge in [0, 0.05) is 6.54 Å². The van der Waals surface area contributed by atoms with Gasteiger partial charge in [0.1, 0.15) is 0 Å². The first-order valence-electron chi connectivity index (χ1n) is 9.84. The summed E-state index contributed by atoms with van der Waals surface area (Å²) in [5.41, 5.74) is -1.31. The Hall–Kier alpha value is -3.23. The molecule has 2 aromatic carbocycles. The number of anilines is 1. The Morgan fingerprint density at radius 1 is 0.968 bits per heavy atom. The molecule has 1 N–H and O–H groups in total. The zero-order valence-corrected chi connectivity index (χ0v) is 17.4. The van der Waals surface area contributed by atoms with Gasteiger partial charge in [-0.2, -0.15) is 13.2 Å². The van der Waals surface area contributed by atoms with E-state index in [0.717, 1.165) is 18.6 Å². The number of hydrogen-bond donors (Lipinski definition) is 1. The number of para-hydroxylation sites is 3. The molecule has 2 amide bonds. The van der Waals surface area contributed by atoms with Crippen LogP contribution < -0.4 is 14.8 Å². The van der Waals surface area contributed by atoms with Gasteiger partial charge in [-0.25, -0.2) is 0 Å². The minimum absolute atomic E-state index is 0.185. The van der Waals surface area contributed by atoms with Gasteiger partial charge in [0.25, 0.3) is 5.91 Å². The standard InChI is InChI=1S/C22H25F3N2O4/c1-3-13-30-18-11-7-8-12-19(18)31-15-21(29)27(4-2)14-20(28)26-17-10-6-5-9-16(17)22(23,24)25/h5-12H,3-4,13-15H2,1-2H3,(H,26,28). The van der Waals surface area contributed by atoms with E-state index in [0.29, 0.717) is 18.1 Å². The second-order valence-corrected chi connectivity index (χ2v) is 6.58. The summed E-state index contributed by atoms with van der Waals surface area (Å²) in [7, 11) is 0. The molecule has 2 aromatic rings. The molecule has 0 fully saturated rings. The summed E-state index contributed by atoms with van der Waals surface area (Å²) < 4.78 is 50.4. The number of halogens is 3. The molecule has 168 valence electrons. The van der Waals surface area contributed by atoms with Gasteiger partial charge in [-0.3, -0.25) is 9.59 Å². The average molecular weight is 438 g/mol. The fourth-order valence-electron chi connectivity index (χ4n) is 2.71. The Kier molecular flexibility index (Phi) is 8.72. The van der Waals surface area contributed by atoms with Crippen LogP contribution in [0.25, 0.3) is 0 Å². The molecule has 0 heterocycles. The second kappa shape index (κ2) is 11.2. The summed E-state index contributed by atoms with van der Waals surface area (Å²) in [5, 5.41) is 2.23. The summed E-state index contributed by atoms with van der Waals surface area (Å²) >= 11 is 0. The molecule has 9 heteroatoms. The van der Waals surface area contributed by atoms with Crippen LogP contribution in [0.2, 0.25) is 0 Å². The molecule has 6 nitrogen and oxygen atoms in total. The number of carbonyl (C=O) groups is 2. The lowest BCUT2D eigenvalue weighted by Gasteiger charge is -2.21. The van der Waals surface area contributed by atoms with E-state index in [1.54, 1.807) is 31.2 Å². The van der Waals surface area contributed by atoms with E-state index < -0.39 is 30.1 Å². The van der Waals surface area contributed by atoms with Crippen molar-refractivity contribution < 1.29 is 32.2 Å². The number of benzene rings is 2. The van der Waals surface area contributed by atoms with Gasteiger partial charge in [0.2, 0.25) is 5.91 Å². The average Bonchev–Trinajstić information content (AvgIpc) is 2.74. The number of hydrogen-bond acceptors (Lipinski definition) is 4. The van der Waals surface area contributed by atoms with Crippen molar-refractivity contribution >= 4 is 17.5 Å². The van der Waals surface area contributed by atoms with Crippen molar-refractivity contribution in [3.63, 3.8) is 0 Å². The van der Waals surface area contributed by atoms with Crippen molar-refractivity contribution in [1.29, 1.82) is 0 Å². The van der Waals surface area contributed by atoms with Crippen molar-refractivity contribution in [3.8, 4) is 11.5 Å².